The number of carbonyl (C=O) groups excluding carboxylic acids is 1. The molecule has 2 aromatic rings. The van der Waals surface area contributed by atoms with E-state index in [2.05, 4.69) is 15.9 Å². The fourth-order valence-electron chi connectivity index (χ4n) is 2.28. The molecule has 0 atom stereocenters. The molecular weight excluding hydrogens is 349 g/mol. The zero-order valence-corrected chi connectivity index (χ0v) is 12.1. The number of carbonyl (C=O) groups is 1. The second kappa shape index (κ2) is 5.18. The highest BCUT2D eigenvalue weighted by Crippen LogP contribution is 2.34. The second-order valence-corrected chi connectivity index (χ2v) is 5.54. The van der Waals surface area contributed by atoms with Crippen LogP contribution in [0.15, 0.2) is 28.7 Å². The van der Waals surface area contributed by atoms with Crippen LogP contribution in [0.5, 0.6) is 5.75 Å². The Bertz CT molecular complexity index is 736. The molecule has 0 bridgehead atoms. The van der Waals surface area contributed by atoms with Gasteiger partial charge in [-0.05, 0) is 29.8 Å². The van der Waals surface area contributed by atoms with Crippen LogP contribution in [0.2, 0.25) is 0 Å². The molecule has 108 valence electrons. The minimum atomic E-state index is -1.60. The van der Waals surface area contributed by atoms with Crippen LogP contribution in [0, 0.1) is 17.5 Å². The minimum absolute atomic E-state index is 0.197. The van der Waals surface area contributed by atoms with E-state index in [0.29, 0.717) is 35.4 Å². The molecule has 0 radical (unpaired) electrons. The number of halogens is 4. The van der Waals surface area contributed by atoms with Crippen LogP contribution in [0.4, 0.5) is 13.2 Å². The zero-order chi connectivity index (χ0) is 15.1. The van der Waals surface area contributed by atoms with Gasteiger partial charge in [0.05, 0.1) is 12.2 Å². The summed E-state index contributed by atoms with van der Waals surface area (Å²) in [4.78, 5) is 12.4. The van der Waals surface area contributed by atoms with Crippen LogP contribution in [0.1, 0.15) is 21.5 Å². The molecule has 0 saturated heterocycles. The molecule has 0 fully saturated rings. The standard InChI is InChI=1S/C15H8BrF3O2/c16-9-3-7-1-2-21-15(7)10(6-9)14(20)8-4-11(17)13(19)12(18)5-8/h3-6H,1-2H2. The summed E-state index contributed by atoms with van der Waals surface area (Å²) in [7, 11) is 0. The topological polar surface area (TPSA) is 26.3 Å². The fourth-order valence-corrected chi connectivity index (χ4v) is 2.79. The first-order chi connectivity index (χ1) is 9.97. The molecule has 21 heavy (non-hydrogen) atoms. The Morgan fingerprint density at radius 1 is 1.10 bits per heavy atom. The summed E-state index contributed by atoms with van der Waals surface area (Å²) in [5.41, 5.74) is 0.778. The maximum absolute atomic E-state index is 13.3. The molecule has 1 aliphatic heterocycles. The lowest BCUT2D eigenvalue weighted by atomic mass is 9.99. The van der Waals surface area contributed by atoms with Crippen molar-refractivity contribution in [1.29, 1.82) is 0 Å². The third-order valence-corrected chi connectivity index (χ3v) is 3.70. The van der Waals surface area contributed by atoms with Gasteiger partial charge in [-0.15, -0.1) is 0 Å². The third kappa shape index (κ3) is 2.44. The zero-order valence-electron chi connectivity index (χ0n) is 10.6. The van der Waals surface area contributed by atoms with E-state index in [0.717, 1.165) is 5.56 Å². The quantitative estimate of drug-likeness (QED) is 0.599. The monoisotopic (exact) mass is 356 g/mol. The first kappa shape index (κ1) is 14.1. The van der Waals surface area contributed by atoms with Crippen molar-refractivity contribution in [3.8, 4) is 5.75 Å². The van der Waals surface area contributed by atoms with Gasteiger partial charge in [0.1, 0.15) is 5.75 Å². The molecule has 0 amide bonds. The van der Waals surface area contributed by atoms with Gasteiger partial charge < -0.3 is 4.74 Å². The maximum atomic E-state index is 13.3. The average molecular weight is 357 g/mol. The Morgan fingerprint density at radius 3 is 2.43 bits per heavy atom. The smallest absolute Gasteiger partial charge is 0.197 e. The lowest BCUT2D eigenvalue weighted by Gasteiger charge is -2.09. The lowest BCUT2D eigenvalue weighted by molar-refractivity contribution is 0.103. The van der Waals surface area contributed by atoms with Crippen molar-refractivity contribution < 1.29 is 22.7 Å². The van der Waals surface area contributed by atoms with Crippen LogP contribution < -0.4 is 4.74 Å². The van der Waals surface area contributed by atoms with Crippen molar-refractivity contribution in [2.24, 2.45) is 0 Å². The number of ketones is 1. The SMILES string of the molecule is O=C(c1cc(F)c(F)c(F)c1)c1cc(Br)cc2c1OCC2. The number of hydrogen-bond donors (Lipinski definition) is 0. The largest absolute Gasteiger partial charge is 0.492 e. The molecule has 1 aliphatic rings. The molecule has 2 aromatic carbocycles. The average Bonchev–Trinajstić information content (AvgIpc) is 2.90. The first-order valence-electron chi connectivity index (χ1n) is 6.12. The van der Waals surface area contributed by atoms with Gasteiger partial charge in [0.15, 0.2) is 23.2 Å². The van der Waals surface area contributed by atoms with Crippen LogP contribution >= 0.6 is 15.9 Å². The van der Waals surface area contributed by atoms with E-state index in [1.165, 1.54) is 6.07 Å². The molecule has 0 spiro atoms. The maximum Gasteiger partial charge on any atom is 0.197 e. The van der Waals surface area contributed by atoms with Crippen LogP contribution in [-0.2, 0) is 6.42 Å². The number of rotatable bonds is 2. The fraction of sp³-hybridized carbons (Fsp3) is 0.133. The minimum Gasteiger partial charge on any atom is -0.492 e. The molecule has 0 aromatic heterocycles. The second-order valence-electron chi connectivity index (χ2n) is 4.62. The van der Waals surface area contributed by atoms with Gasteiger partial charge in [-0.3, -0.25) is 4.79 Å². The highest BCUT2D eigenvalue weighted by atomic mass is 79.9. The Kier molecular flexibility index (Phi) is 3.49. The van der Waals surface area contributed by atoms with Gasteiger partial charge in [0.25, 0.3) is 0 Å². The Labute approximate surface area is 126 Å². The summed E-state index contributed by atoms with van der Waals surface area (Å²) in [5, 5.41) is 0. The van der Waals surface area contributed by atoms with Crippen molar-refractivity contribution in [3.05, 3.63) is 62.9 Å². The summed E-state index contributed by atoms with van der Waals surface area (Å²) in [6.07, 6.45) is 0.654. The highest BCUT2D eigenvalue weighted by Gasteiger charge is 2.24. The van der Waals surface area contributed by atoms with Gasteiger partial charge in [0.2, 0.25) is 0 Å². The van der Waals surface area contributed by atoms with Crippen molar-refractivity contribution in [2.75, 3.05) is 6.61 Å². The van der Waals surface area contributed by atoms with E-state index in [9.17, 15) is 18.0 Å². The Morgan fingerprint density at radius 2 is 1.76 bits per heavy atom. The molecule has 0 N–H and O–H groups in total. The van der Waals surface area contributed by atoms with Gasteiger partial charge in [-0.2, -0.15) is 0 Å². The molecule has 2 nitrogen and oxygen atoms in total. The highest BCUT2D eigenvalue weighted by molar-refractivity contribution is 9.10. The summed E-state index contributed by atoms with van der Waals surface area (Å²) in [6.45, 7) is 0.443. The summed E-state index contributed by atoms with van der Waals surface area (Å²) in [6, 6.07) is 4.71. The molecule has 3 rings (SSSR count). The van der Waals surface area contributed by atoms with E-state index in [-0.39, 0.29) is 11.1 Å². The summed E-state index contributed by atoms with van der Waals surface area (Å²) < 4.78 is 45.6. The predicted octanol–water partition coefficient (Wildman–Crippen LogP) is 4.03. The number of hydrogen-bond acceptors (Lipinski definition) is 2. The van der Waals surface area contributed by atoms with E-state index < -0.39 is 23.2 Å². The Balaban J connectivity index is 2.12. The number of ether oxygens (including phenoxy) is 1. The van der Waals surface area contributed by atoms with E-state index in [1.807, 2.05) is 6.07 Å². The molecule has 6 heteroatoms. The summed E-state index contributed by atoms with van der Waals surface area (Å²) >= 11 is 3.28. The third-order valence-electron chi connectivity index (χ3n) is 3.24. The Hall–Kier alpha value is -1.82. The van der Waals surface area contributed by atoms with E-state index in [1.54, 1.807) is 0 Å². The van der Waals surface area contributed by atoms with Gasteiger partial charge >= 0.3 is 0 Å². The normalized spacial score (nSPS) is 13.0. The van der Waals surface area contributed by atoms with Crippen LogP contribution in [0.25, 0.3) is 0 Å². The number of benzene rings is 2. The molecule has 0 saturated carbocycles. The molecular formula is C15H8BrF3O2. The van der Waals surface area contributed by atoms with E-state index in [4.69, 9.17) is 4.74 Å². The van der Waals surface area contributed by atoms with Crippen molar-refractivity contribution in [1.82, 2.24) is 0 Å². The van der Waals surface area contributed by atoms with E-state index >= 15 is 0 Å². The van der Waals surface area contributed by atoms with Gasteiger partial charge in [-0.25, -0.2) is 13.2 Å². The number of fused-ring (bicyclic) bond motifs is 1. The van der Waals surface area contributed by atoms with Crippen molar-refractivity contribution in [2.45, 2.75) is 6.42 Å². The van der Waals surface area contributed by atoms with Crippen molar-refractivity contribution in [3.63, 3.8) is 0 Å². The van der Waals surface area contributed by atoms with Gasteiger partial charge in [0, 0.05) is 16.5 Å². The molecule has 0 unspecified atom stereocenters. The predicted molar refractivity (Wildman–Crippen MR) is 73.1 cm³/mol. The first-order valence-corrected chi connectivity index (χ1v) is 6.91. The van der Waals surface area contributed by atoms with Crippen LogP contribution in [0.3, 0.4) is 0 Å². The lowest BCUT2D eigenvalue weighted by Crippen LogP contribution is -2.06. The van der Waals surface area contributed by atoms with Gasteiger partial charge in [-0.1, -0.05) is 15.9 Å². The molecule has 1 heterocycles. The molecule has 0 aliphatic carbocycles. The van der Waals surface area contributed by atoms with Crippen LogP contribution in [-0.4, -0.2) is 12.4 Å². The van der Waals surface area contributed by atoms with Crippen molar-refractivity contribution >= 4 is 21.7 Å². The summed E-state index contributed by atoms with van der Waals surface area (Å²) in [5.74, 6) is -4.60.